The van der Waals surface area contributed by atoms with Crippen molar-refractivity contribution in [2.75, 3.05) is 13.2 Å². The normalized spacial score (nSPS) is 10.8. The van der Waals surface area contributed by atoms with Crippen LogP contribution in [0.2, 0.25) is 5.02 Å². The molecule has 0 aromatic heterocycles. The fourth-order valence-corrected chi connectivity index (χ4v) is 2.32. The predicted octanol–water partition coefficient (Wildman–Crippen LogP) is 3.57. The Morgan fingerprint density at radius 3 is 2.34 bits per heavy atom. The predicted molar refractivity (Wildman–Crippen MR) is 108 cm³/mol. The summed E-state index contributed by atoms with van der Waals surface area (Å²) in [7, 11) is 0. The smallest absolute Gasteiger partial charge is 0.339 e. The van der Waals surface area contributed by atoms with Gasteiger partial charge in [0.1, 0.15) is 5.82 Å². The number of imide groups is 1. The van der Waals surface area contributed by atoms with Gasteiger partial charge in [0.25, 0.3) is 5.91 Å². The quantitative estimate of drug-likeness (QED) is 0.313. The molecule has 0 saturated carbocycles. The van der Waals surface area contributed by atoms with E-state index in [1.54, 1.807) is 24.3 Å². The molecular formula is C21H18ClFN2O4. The van der Waals surface area contributed by atoms with Crippen molar-refractivity contribution >= 4 is 41.2 Å². The van der Waals surface area contributed by atoms with Crippen LogP contribution in [0.5, 0.6) is 0 Å². The fourth-order valence-electron chi connectivity index (χ4n) is 2.20. The highest BCUT2D eigenvalue weighted by Crippen LogP contribution is 2.21. The lowest BCUT2D eigenvalue weighted by molar-refractivity contribution is -0.142. The summed E-state index contributed by atoms with van der Waals surface area (Å²) in [6, 6.07) is 11.2. The number of halogens is 2. The summed E-state index contributed by atoms with van der Waals surface area (Å²) >= 11 is 5.87. The average molecular weight is 417 g/mol. The van der Waals surface area contributed by atoms with Gasteiger partial charge >= 0.3 is 12.0 Å². The molecule has 2 aromatic carbocycles. The molecule has 0 aliphatic carbocycles. The minimum absolute atomic E-state index is 0.108. The largest absolute Gasteiger partial charge is 0.452 e. The summed E-state index contributed by atoms with van der Waals surface area (Å²) in [4.78, 5) is 35.7. The number of rotatable bonds is 7. The second kappa shape index (κ2) is 10.8. The van der Waals surface area contributed by atoms with E-state index in [0.29, 0.717) is 16.1 Å². The Bertz CT molecular complexity index is 925. The van der Waals surface area contributed by atoms with E-state index in [-0.39, 0.29) is 12.1 Å². The van der Waals surface area contributed by atoms with Crippen LogP contribution in [0.1, 0.15) is 11.1 Å². The Kier molecular flexibility index (Phi) is 8.12. The molecular weight excluding hydrogens is 399 g/mol. The highest BCUT2D eigenvalue weighted by molar-refractivity contribution is 6.30. The van der Waals surface area contributed by atoms with Crippen LogP contribution in [0.25, 0.3) is 11.6 Å². The monoisotopic (exact) mass is 416 g/mol. The minimum Gasteiger partial charge on any atom is -0.452 e. The Morgan fingerprint density at radius 2 is 1.72 bits per heavy atom. The lowest BCUT2D eigenvalue weighted by Gasteiger charge is -2.10. The minimum atomic E-state index is -0.812. The molecule has 2 aromatic rings. The molecule has 8 heteroatoms. The van der Waals surface area contributed by atoms with Crippen LogP contribution >= 0.6 is 11.6 Å². The van der Waals surface area contributed by atoms with Crippen molar-refractivity contribution in [2.24, 2.45) is 0 Å². The molecule has 0 heterocycles. The maximum Gasteiger partial charge on any atom is 0.339 e. The van der Waals surface area contributed by atoms with Gasteiger partial charge in [0.15, 0.2) is 6.61 Å². The molecule has 0 radical (unpaired) electrons. The van der Waals surface area contributed by atoms with Gasteiger partial charge in [0, 0.05) is 11.6 Å². The van der Waals surface area contributed by atoms with Crippen LogP contribution in [0.15, 0.2) is 61.2 Å². The molecule has 2 rings (SSSR count). The summed E-state index contributed by atoms with van der Waals surface area (Å²) in [6.07, 6.45) is 2.97. The third-order valence-electron chi connectivity index (χ3n) is 3.55. The van der Waals surface area contributed by atoms with Gasteiger partial charge in [0.05, 0.1) is 5.57 Å². The average Bonchev–Trinajstić information content (AvgIpc) is 2.71. The lowest BCUT2D eigenvalue weighted by atomic mass is 10.0. The van der Waals surface area contributed by atoms with Crippen molar-refractivity contribution in [1.82, 2.24) is 10.6 Å². The van der Waals surface area contributed by atoms with Gasteiger partial charge in [-0.1, -0.05) is 41.9 Å². The van der Waals surface area contributed by atoms with E-state index in [9.17, 15) is 18.8 Å². The van der Waals surface area contributed by atoms with Crippen molar-refractivity contribution in [3.8, 4) is 0 Å². The summed E-state index contributed by atoms with van der Waals surface area (Å²) in [5.41, 5.74) is 1.16. The summed E-state index contributed by atoms with van der Waals surface area (Å²) < 4.78 is 18.3. The van der Waals surface area contributed by atoms with Gasteiger partial charge in [-0.25, -0.2) is 14.0 Å². The SMILES string of the molecule is C=CCNC(=O)NC(=O)COC(=O)/C(=C\c1ccc(Cl)cc1)c1ccc(F)cc1. The Labute approximate surface area is 172 Å². The van der Waals surface area contributed by atoms with Crippen LogP contribution in [0.4, 0.5) is 9.18 Å². The van der Waals surface area contributed by atoms with Crippen molar-refractivity contribution in [1.29, 1.82) is 0 Å². The van der Waals surface area contributed by atoms with Crippen LogP contribution in [0, 0.1) is 5.82 Å². The molecule has 0 atom stereocenters. The van der Waals surface area contributed by atoms with E-state index in [2.05, 4.69) is 11.9 Å². The first-order valence-electron chi connectivity index (χ1n) is 8.48. The van der Waals surface area contributed by atoms with Crippen molar-refractivity contribution in [3.63, 3.8) is 0 Å². The highest BCUT2D eigenvalue weighted by atomic mass is 35.5. The molecule has 0 spiro atoms. The first-order chi connectivity index (χ1) is 13.9. The van der Waals surface area contributed by atoms with E-state index < -0.39 is 30.3 Å². The first-order valence-corrected chi connectivity index (χ1v) is 8.85. The van der Waals surface area contributed by atoms with Crippen LogP contribution < -0.4 is 10.6 Å². The second-order valence-corrected chi connectivity index (χ2v) is 6.18. The van der Waals surface area contributed by atoms with Crippen LogP contribution in [0.3, 0.4) is 0 Å². The van der Waals surface area contributed by atoms with Gasteiger partial charge in [-0.3, -0.25) is 10.1 Å². The molecule has 29 heavy (non-hydrogen) atoms. The van der Waals surface area contributed by atoms with E-state index >= 15 is 0 Å². The number of nitrogens with one attached hydrogen (secondary N) is 2. The van der Waals surface area contributed by atoms with Crippen molar-refractivity contribution in [3.05, 3.63) is 83.2 Å². The third kappa shape index (κ3) is 7.23. The number of urea groups is 1. The summed E-state index contributed by atoms with van der Waals surface area (Å²) in [6.45, 7) is 2.94. The van der Waals surface area contributed by atoms with E-state index in [1.165, 1.54) is 36.4 Å². The van der Waals surface area contributed by atoms with Gasteiger partial charge in [0.2, 0.25) is 0 Å². The number of ether oxygens (including phenoxy) is 1. The molecule has 6 nitrogen and oxygen atoms in total. The third-order valence-corrected chi connectivity index (χ3v) is 3.80. The van der Waals surface area contributed by atoms with E-state index in [4.69, 9.17) is 16.3 Å². The summed E-state index contributed by atoms with van der Waals surface area (Å²) in [5, 5.41) is 4.90. The van der Waals surface area contributed by atoms with Gasteiger partial charge < -0.3 is 10.1 Å². The molecule has 0 unspecified atom stereocenters. The number of esters is 1. The van der Waals surface area contributed by atoms with E-state index in [0.717, 1.165) is 0 Å². The number of hydrogen-bond donors (Lipinski definition) is 2. The topological polar surface area (TPSA) is 84.5 Å². The maximum atomic E-state index is 13.2. The van der Waals surface area contributed by atoms with Gasteiger partial charge in [-0.2, -0.15) is 0 Å². The van der Waals surface area contributed by atoms with Crippen molar-refractivity contribution in [2.45, 2.75) is 0 Å². The fraction of sp³-hybridized carbons (Fsp3) is 0.0952. The number of carbonyl (C=O) groups excluding carboxylic acids is 3. The molecule has 0 aliphatic heterocycles. The van der Waals surface area contributed by atoms with Gasteiger partial charge in [-0.15, -0.1) is 6.58 Å². The highest BCUT2D eigenvalue weighted by Gasteiger charge is 2.17. The Balaban J connectivity index is 2.13. The van der Waals surface area contributed by atoms with Crippen LogP contribution in [-0.4, -0.2) is 31.1 Å². The maximum absolute atomic E-state index is 13.2. The molecule has 3 amide bonds. The van der Waals surface area contributed by atoms with Crippen LogP contribution in [-0.2, 0) is 14.3 Å². The first kappa shape index (κ1) is 21.8. The number of hydrogen-bond acceptors (Lipinski definition) is 4. The zero-order valence-corrected chi connectivity index (χ0v) is 16.0. The molecule has 2 N–H and O–H groups in total. The second-order valence-electron chi connectivity index (χ2n) is 5.74. The zero-order chi connectivity index (χ0) is 21.2. The Morgan fingerprint density at radius 1 is 1.07 bits per heavy atom. The Hall–Kier alpha value is -3.45. The molecule has 0 saturated heterocycles. The standard InChI is InChI=1S/C21H18ClFN2O4/c1-2-11-24-21(28)25-19(26)13-29-20(27)18(15-5-9-17(23)10-6-15)12-14-3-7-16(22)8-4-14/h2-10,12H,1,11,13H2,(H2,24,25,26,28)/b18-12-. The molecule has 0 bridgehead atoms. The molecule has 0 fully saturated rings. The lowest BCUT2D eigenvalue weighted by Crippen LogP contribution is -2.41. The number of carbonyl (C=O) groups is 3. The number of amides is 3. The zero-order valence-electron chi connectivity index (χ0n) is 15.3. The number of benzene rings is 2. The van der Waals surface area contributed by atoms with Gasteiger partial charge in [-0.05, 0) is 41.5 Å². The van der Waals surface area contributed by atoms with Crippen molar-refractivity contribution < 1.29 is 23.5 Å². The summed E-state index contributed by atoms with van der Waals surface area (Å²) in [5.74, 6) is -2.07. The van der Waals surface area contributed by atoms with E-state index in [1.807, 2.05) is 5.32 Å². The molecule has 150 valence electrons. The molecule has 0 aliphatic rings.